The van der Waals surface area contributed by atoms with Gasteiger partial charge < -0.3 is 9.47 Å². The average Bonchev–Trinajstić information content (AvgIpc) is 2.76. The molecule has 1 heterocycles. The summed E-state index contributed by atoms with van der Waals surface area (Å²) in [5.41, 5.74) is 1.22. The van der Waals surface area contributed by atoms with Crippen LogP contribution < -0.4 is 0 Å². The van der Waals surface area contributed by atoms with Crippen LogP contribution in [0.25, 0.3) is 0 Å². The first-order valence-corrected chi connectivity index (χ1v) is 5.76. The molecule has 0 saturated carbocycles. The maximum atomic E-state index is 5.81. The number of hydrogen-bond donors (Lipinski definition) is 0. The van der Waals surface area contributed by atoms with Crippen molar-refractivity contribution >= 4 is 0 Å². The minimum absolute atomic E-state index is 0.241. The Kier molecular flexibility index (Phi) is 4.14. The standard InChI is InChI=1S/C14H18O2/c1-2-6-13-9-14(11-16-13)15-10-12-7-4-3-5-8-12/h2-5,7-8,13-14H,1,6,9-11H2. The molecule has 0 N–H and O–H groups in total. The molecule has 0 amide bonds. The molecule has 0 aliphatic carbocycles. The van der Waals surface area contributed by atoms with Crippen LogP contribution in [0.1, 0.15) is 18.4 Å². The summed E-state index contributed by atoms with van der Waals surface area (Å²) in [7, 11) is 0. The molecule has 1 saturated heterocycles. The van der Waals surface area contributed by atoms with E-state index in [1.54, 1.807) is 0 Å². The Balaban J connectivity index is 1.73. The molecule has 1 aromatic rings. The minimum Gasteiger partial charge on any atom is -0.375 e. The van der Waals surface area contributed by atoms with Gasteiger partial charge in [-0.1, -0.05) is 36.4 Å². The van der Waals surface area contributed by atoms with Gasteiger partial charge in [-0.2, -0.15) is 0 Å². The third-order valence-corrected chi connectivity index (χ3v) is 2.80. The first-order valence-electron chi connectivity index (χ1n) is 5.76. The van der Waals surface area contributed by atoms with Crippen LogP contribution in [0, 0.1) is 0 Å². The second-order valence-corrected chi connectivity index (χ2v) is 4.13. The van der Waals surface area contributed by atoms with Crippen molar-refractivity contribution in [2.75, 3.05) is 6.61 Å². The molecule has 1 aromatic carbocycles. The highest BCUT2D eigenvalue weighted by Gasteiger charge is 2.24. The van der Waals surface area contributed by atoms with Crippen molar-refractivity contribution in [1.29, 1.82) is 0 Å². The fourth-order valence-electron chi connectivity index (χ4n) is 1.93. The van der Waals surface area contributed by atoms with Crippen LogP contribution in [-0.4, -0.2) is 18.8 Å². The highest BCUT2D eigenvalue weighted by molar-refractivity contribution is 5.13. The van der Waals surface area contributed by atoms with E-state index in [0.29, 0.717) is 19.3 Å². The molecule has 0 radical (unpaired) electrons. The summed E-state index contributed by atoms with van der Waals surface area (Å²) >= 11 is 0. The van der Waals surface area contributed by atoms with Gasteiger partial charge in [0.05, 0.1) is 25.4 Å². The lowest BCUT2D eigenvalue weighted by molar-refractivity contribution is 0.0278. The van der Waals surface area contributed by atoms with Crippen LogP contribution in [0.2, 0.25) is 0 Å². The zero-order valence-electron chi connectivity index (χ0n) is 9.47. The van der Waals surface area contributed by atoms with Gasteiger partial charge in [0.1, 0.15) is 0 Å². The molecule has 2 rings (SSSR count). The summed E-state index contributed by atoms with van der Waals surface area (Å²) in [5, 5.41) is 0. The highest BCUT2D eigenvalue weighted by atomic mass is 16.5. The van der Waals surface area contributed by atoms with Crippen LogP contribution in [0.15, 0.2) is 43.0 Å². The van der Waals surface area contributed by atoms with E-state index in [1.807, 2.05) is 24.3 Å². The molecule has 2 nitrogen and oxygen atoms in total. The first-order chi connectivity index (χ1) is 7.88. The van der Waals surface area contributed by atoms with Crippen LogP contribution in [0.3, 0.4) is 0 Å². The van der Waals surface area contributed by atoms with Crippen molar-refractivity contribution in [2.24, 2.45) is 0 Å². The van der Waals surface area contributed by atoms with E-state index < -0.39 is 0 Å². The maximum Gasteiger partial charge on any atom is 0.0838 e. The van der Waals surface area contributed by atoms with Crippen molar-refractivity contribution in [3.8, 4) is 0 Å². The van der Waals surface area contributed by atoms with E-state index in [0.717, 1.165) is 12.8 Å². The van der Waals surface area contributed by atoms with Gasteiger partial charge in [0, 0.05) is 6.42 Å². The summed E-state index contributed by atoms with van der Waals surface area (Å²) in [5.74, 6) is 0. The monoisotopic (exact) mass is 218 g/mol. The van der Waals surface area contributed by atoms with E-state index >= 15 is 0 Å². The second-order valence-electron chi connectivity index (χ2n) is 4.13. The fraction of sp³-hybridized carbons (Fsp3) is 0.429. The molecule has 1 aliphatic rings. The SMILES string of the molecule is C=CCC1CC(OCc2ccccc2)CO1. The van der Waals surface area contributed by atoms with Crippen LogP contribution in [0.5, 0.6) is 0 Å². The molecule has 2 unspecified atom stereocenters. The lowest BCUT2D eigenvalue weighted by Gasteiger charge is -2.09. The van der Waals surface area contributed by atoms with Crippen molar-refractivity contribution < 1.29 is 9.47 Å². The van der Waals surface area contributed by atoms with Crippen molar-refractivity contribution in [1.82, 2.24) is 0 Å². The first kappa shape index (κ1) is 11.4. The Morgan fingerprint density at radius 3 is 2.94 bits per heavy atom. The number of rotatable bonds is 5. The van der Waals surface area contributed by atoms with Gasteiger partial charge in [-0.05, 0) is 12.0 Å². The fourth-order valence-corrected chi connectivity index (χ4v) is 1.93. The molecule has 0 spiro atoms. The summed E-state index contributed by atoms with van der Waals surface area (Å²) in [6.07, 6.45) is 4.36. The molecule has 2 heteroatoms. The Bertz CT molecular complexity index is 321. The van der Waals surface area contributed by atoms with Gasteiger partial charge in [-0.3, -0.25) is 0 Å². The third kappa shape index (κ3) is 3.19. The normalized spacial score (nSPS) is 24.5. The lowest BCUT2D eigenvalue weighted by Crippen LogP contribution is -2.12. The molecule has 1 aliphatic heterocycles. The summed E-state index contributed by atoms with van der Waals surface area (Å²) in [6.45, 7) is 5.11. The Labute approximate surface area is 96.9 Å². The van der Waals surface area contributed by atoms with E-state index in [-0.39, 0.29) is 6.10 Å². The summed E-state index contributed by atoms with van der Waals surface area (Å²) in [6, 6.07) is 10.2. The van der Waals surface area contributed by atoms with Crippen molar-refractivity contribution in [2.45, 2.75) is 31.7 Å². The zero-order valence-corrected chi connectivity index (χ0v) is 9.47. The molecule has 86 valence electrons. The Hall–Kier alpha value is -1.12. The molecular weight excluding hydrogens is 200 g/mol. The molecule has 2 atom stereocenters. The lowest BCUT2D eigenvalue weighted by atomic mass is 10.1. The number of benzene rings is 1. The predicted octanol–water partition coefficient (Wildman–Crippen LogP) is 2.94. The second kappa shape index (κ2) is 5.83. The minimum atomic E-state index is 0.241. The van der Waals surface area contributed by atoms with Gasteiger partial charge in [-0.15, -0.1) is 6.58 Å². The van der Waals surface area contributed by atoms with Gasteiger partial charge in [0.2, 0.25) is 0 Å². The van der Waals surface area contributed by atoms with Gasteiger partial charge >= 0.3 is 0 Å². The predicted molar refractivity (Wildman–Crippen MR) is 64.2 cm³/mol. The summed E-state index contributed by atoms with van der Waals surface area (Å²) < 4.78 is 11.4. The van der Waals surface area contributed by atoms with Gasteiger partial charge in [0.25, 0.3) is 0 Å². The highest BCUT2D eigenvalue weighted by Crippen LogP contribution is 2.20. The Morgan fingerprint density at radius 1 is 1.38 bits per heavy atom. The molecular formula is C14H18O2. The van der Waals surface area contributed by atoms with Crippen molar-refractivity contribution in [3.05, 3.63) is 48.6 Å². The zero-order chi connectivity index (χ0) is 11.2. The largest absolute Gasteiger partial charge is 0.375 e. The van der Waals surface area contributed by atoms with Crippen LogP contribution in [-0.2, 0) is 16.1 Å². The van der Waals surface area contributed by atoms with Crippen molar-refractivity contribution in [3.63, 3.8) is 0 Å². The molecule has 0 bridgehead atoms. The average molecular weight is 218 g/mol. The van der Waals surface area contributed by atoms with Crippen LogP contribution in [0.4, 0.5) is 0 Å². The Morgan fingerprint density at radius 2 is 2.19 bits per heavy atom. The quantitative estimate of drug-likeness (QED) is 0.707. The molecule has 16 heavy (non-hydrogen) atoms. The number of ether oxygens (including phenoxy) is 2. The topological polar surface area (TPSA) is 18.5 Å². The van der Waals surface area contributed by atoms with E-state index in [1.165, 1.54) is 5.56 Å². The number of hydrogen-bond acceptors (Lipinski definition) is 2. The van der Waals surface area contributed by atoms with E-state index in [4.69, 9.17) is 9.47 Å². The molecule has 1 fully saturated rings. The van der Waals surface area contributed by atoms with Crippen LogP contribution >= 0.6 is 0 Å². The maximum absolute atomic E-state index is 5.81. The summed E-state index contributed by atoms with van der Waals surface area (Å²) in [4.78, 5) is 0. The van der Waals surface area contributed by atoms with E-state index in [2.05, 4.69) is 18.7 Å². The third-order valence-electron chi connectivity index (χ3n) is 2.80. The molecule has 0 aromatic heterocycles. The van der Waals surface area contributed by atoms with Gasteiger partial charge in [0.15, 0.2) is 0 Å². The van der Waals surface area contributed by atoms with E-state index in [9.17, 15) is 0 Å². The van der Waals surface area contributed by atoms with Gasteiger partial charge in [-0.25, -0.2) is 0 Å². The smallest absolute Gasteiger partial charge is 0.0838 e.